The molecule has 1 saturated heterocycles. The summed E-state index contributed by atoms with van der Waals surface area (Å²) in [6.07, 6.45) is 1.26. The van der Waals surface area contributed by atoms with Crippen LogP contribution in [0.15, 0.2) is 0 Å². The fourth-order valence-electron chi connectivity index (χ4n) is 1.59. The third-order valence-corrected chi connectivity index (χ3v) is 2.78. The summed E-state index contributed by atoms with van der Waals surface area (Å²) < 4.78 is 0. The van der Waals surface area contributed by atoms with Crippen molar-refractivity contribution in [2.75, 3.05) is 13.1 Å². The molecule has 1 rings (SSSR count). The van der Waals surface area contributed by atoms with Gasteiger partial charge in [-0.3, -0.25) is 4.90 Å². The van der Waals surface area contributed by atoms with Crippen molar-refractivity contribution in [3.8, 4) is 0 Å². The summed E-state index contributed by atoms with van der Waals surface area (Å²) in [5.74, 6) is 0.713. The lowest BCUT2D eigenvalue weighted by Crippen LogP contribution is -2.49. The number of rotatable bonds is 1. The van der Waals surface area contributed by atoms with Gasteiger partial charge in [-0.15, -0.1) is 0 Å². The van der Waals surface area contributed by atoms with Crippen LogP contribution in [0.5, 0.6) is 0 Å². The van der Waals surface area contributed by atoms with Gasteiger partial charge in [-0.25, -0.2) is 0 Å². The first kappa shape index (κ1) is 9.01. The molecule has 1 aliphatic rings. The van der Waals surface area contributed by atoms with Crippen molar-refractivity contribution in [3.63, 3.8) is 0 Å². The maximum atomic E-state index is 5.96. The zero-order chi connectivity index (χ0) is 8.43. The Balaban J connectivity index is 2.40. The minimum Gasteiger partial charge on any atom is -0.326 e. The molecular formula is C9H20N2. The van der Waals surface area contributed by atoms with Crippen LogP contribution in [0.4, 0.5) is 0 Å². The molecule has 0 saturated carbocycles. The smallest absolute Gasteiger partial charge is 0.0194 e. The van der Waals surface area contributed by atoms with Crippen molar-refractivity contribution in [1.82, 2.24) is 4.90 Å². The van der Waals surface area contributed by atoms with Gasteiger partial charge in [-0.2, -0.15) is 0 Å². The van der Waals surface area contributed by atoms with E-state index in [9.17, 15) is 0 Å². The summed E-state index contributed by atoms with van der Waals surface area (Å²) in [5, 5.41) is 0. The van der Waals surface area contributed by atoms with E-state index < -0.39 is 0 Å². The van der Waals surface area contributed by atoms with Crippen LogP contribution in [-0.4, -0.2) is 30.1 Å². The van der Waals surface area contributed by atoms with Crippen molar-refractivity contribution in [3.05, 3.63) is 0 Å². The highest BCUT2D eigenvalue weighted by Crippen LogP contribution is 2.16. The Kier molecular flexibility index (Phi) is 2.90. The topological polar surface area (TPSA) is 29.3 Å². The molecule has 0 amide bonds. The van der Waals surface area contributed by atoms with Gasteiger partial charge in [-0.1, -0.05) is 6.92 Å². The molecule has 1 fully saturated rings. The van der Waals surface area contributed by atoms with Gasteiger partial charge < -0.3 is 5.73 Å². The summed E-state index contributed by atoms with van der Waals surface area (Å²) in [6.45, 7) is 9.04. The Morgan fingerprint density at radius 1 is 1.45 bits per heavy atom. The molecule has 2 atom stereocenters. The number of piperidine rings is 1. The number of hydrogen-bond acceptors (Lipinski definition) is 2. The van der Waals surface area contributed by atoms with E-state index >= 15 is 0 Å². The van der Waals surface area contributed by atoms with E-state index in [1.54, 1.807) is 0 Å². The Morgan fingerprint density at radius 3 is 2.55 bits per heavy atom. The Hall–Kier alpha value is -0.0800. The predicted octanol–water partition coefficient (Wildman–Crippen LogP) is 1.06. The largest absolute Gasteiger partial charge is 0.326 e. The van der Waals surface area contributed by atoms with E-state index in [1.165, 1.54) is 13.0 Å². The lowest BCUT2D eigenvalue weighted by molar-refractivity contribution is 0.136. The number of nitrogens with two attached hydrogens (primary N) is 1. The third kappa shape index (κ3) is 2.17. The van der Waals surface area contributed by atoms with E-state index in [1.807, 2.05) is 0 Å². The first-order valence-corrected chi connectivity index (χ1v) is 4.61. The van der Waals surface area contributed by atoms with Gasteiger partial charge in [0, 0.05) is 18.6 Å². The lowest BCUT2D eigenvalue weighted by Gasteiger charge is -2.37. The number of hydrogen-bond donors (Lipinski definition) is 1. The molecule has 66 valence electrons. The van der Waals surface area contributed by atoms with Crippen molar-refractivity contribution in [2.45, 2.75) is 39.3 Å². The van der Waals surface area contributed by atoms with E-state index in [0.29, 0.717) is 18.0 Å². The fraction of sp³-hybridized carbons (Fsp3) is 1.00. The van der Waals surface area contributed by atoms with Gasteiger partial charge in [0.05, 0.1) is 0 Å². The van der Waals surface area contributed by atoms with Crippen LogP contribution in [-0.2, 0) is 0 Å². The summed E-state index contributed by atoms with van der Waals surface area (Å²) >= 11 is 0. The summed E-state index contributed by atoms with van der Waals surface area (Å²) in [6, 6.07) is 1.06. The van der Waals surface area contributed by atoms with E-state index in [2.05, 4.69) is 25.7 Å². The van der Waals surface area contributed by atoms with Gasteiger partial charge in [-0.05, 0) is 32.7 Å². The molecule has 2 unspecified atom stereocenters. The van der Waals surface area contributed by atoms with Crippen LogP contribution in [0, 0.1) is 5.92 Å². The average Bonchev–Trinajstić information content (AvgIpc) is 1.94. The molecule has 11 heavy (non-hydrogen) atoms. The molecule has 2 nitrogen and oxygen atoms in total. The van der Waals surface area contributed by atoms with Crippen molar-refractivity contribution in [2.24, 2.45) is 11.7 Å². The van der Waals surface area contributed by atoms with E-state index in [-0.39, 0.29) is 0 Å². The minimum atomic E-state index is 0.395. The van der Waals surface area contributed by atoms with Crippen LogP contribution >= 0.6 is 0 Å². The monoisotopic (exact) mass is 156 g/mol. The van der Waals surface area contributed by atoms with E-state index in [0.717, 1.165) is 6.54 Å². The lowest BCUT2D eigenvalue weighted by atomic mass is 9.93. The Labute approximate surface area is 69.8 Å². The Morgan fingerprint density at radius 2 is 2.09 bits per heavy atom. The summed E-state index contributed by atoms with van der Waals surface area (Å²) in [7, 11) is 0. The molecule has 0 aromatic rings. The number of likely N-dealkylation sites (tertiary alicyclic amines) is 1. The molecule has 0 aromatic heterocycles. The average molecular weight is 156 g/mol. The highest BCUT2D eigenvalue weighted by Gasteiger charge is 2.23. The summed E-state index contributed by atoms with van der Waals surface area (Å²) in [5.41, 5.74) is 5.96. The molecule has 0 aromatic carbocycles. The second-order valence-electron chi connectivity index (χ2n) is 4.02. The normalized spacial score (nSPS) is 34.6. The Bertz CT molecular complexity index is 123. The van der Waals surface area contributed by atoms with Crippen LogP contribution in [0.1, 0.15) is 27.2 Å². The molecule has 1 aliphatic heterocycles. The molecule has 0 spiro atoms. The zero-order valence-electron chi connectivity index (χ0n) is 7.88. The molecule has 2 N–H and O–H groups in total. The van der Waals surface area contributed by atoms with Gasteiger partial charge in [0.1, 0.15) is 0 Å². The zero-order valence-corrected chi connectivity index (χ0v) is 7.88. The molecule has 0 aliphatic carbocycles. The van der Waals surface area contributed by atoms with Crippen molar-refractivity contribution < 1.29 is 0 Å². The SMILES string of the molecule is CC1CCN(C(C)C)CC1N. The highest BCUT2D eigenvalue weighted by atomic mass is 15.2. The molecule has 0 bridgehead atoms. The van der Waals surface area contributed by atoms with Gasteiger partial charge >= 0.3 is 0 Å². The molecule has 0 radical (unpaired) electrons. The quantitative estimate of drug-likeness (QED) is 0.615. The maximum absolute atomic E-state index is 5.96. The minimum absolute atomic E-state index is 0.395. The fourth-order valence-corrected chi connectivity index (χ4v) is 1.59. The molecule has 2 heteroatoms. The van der Waals surface area contributed by atoms with Crippen LogP contribution in [0.2, 0.25) is 0 Å². The second kappa shape index (κ2) is 3.55. The first-order chi connectivity index (χ1) is 5.11. The van der Waals surface area contributed by atoms with Crippen molar-refractivity contribution >= 4 is 0 Å². The predicted molar refractivity (Wildman–Crippen MR) is 48.5 cm³/mol. The standard InChI is InChI=1S/C9H20N2/c1-7(2)11-5-4-8(3)9(10)6-11/h7-9H,4-6,10H2,1-3H3. The van der Waals surface area contributed by atoms with Crippen LogP contribution in [0.3, 0.4) is 0 Å². The van der Waals surface area contributed by atoms with Crippen LogP contribution < -0.4 is 5.73 Å². The van der Waals surface area contributed by atoms with Crippen LogP contribution in [0.25, 0.3) is 0 Å². The second-order valence-corrected chi connectivity index (χ2v) is 4.02. The maximum Gasteiger partial charge on any atom is 0.0194 e. The highest BCUT2D eigenvalue weighted by molar-refractivity contribution is 4.81. The van der Waals surface area contributed by atoms with Gasteiger partial charge in [0.15, 0.2) is 0 Å². The first-order valence-electron chi connectivity index (χ1n) is 4.61. The number of nitrogens with zero attached hydrogens (tertiary/aromatic N) is 1. The molecule has 1 heterocycles. The molecular weight excluding hydrogens is 136 g/mol. The van der Waals surface area contributed by atoms with E-state index in [4.69, 9.17) is 5.73 Å². The third-order valence-electron chi connectivity index (χ3n) is 2.78. The van der Waals surface area contributed by atoms with Gasteiger partial charge in [0.25, 0.3) is 0 Å². The summed E-state index contributed by atoms with van der Waals surface area (Å²) in [4.78, 5) is 2.46. The van der Waals surface area contributed by atoms with Gasteiger partial charge in [0.2, 0.25) is 0 Å². The van der Waals surface area contributed by atoms with Crippen molar-refractivity contribution in [1.29, 1.82) is 0 Å².